The smallest absolute Gasteiger partial charge is 0.323 e. The van der Waals surface area contributed by atoms with Crippen LogP contribution in [0.1, 0.15) is 74.5 Å². The van der Waals surface area contributed by atoms with E-state index in [2.05, 4.69) is 57.2 Å². The maximum absolute atomic E-state index is 13.4. The summed E-state index contributed by atoms with van der Waals surface area (Å²) in [6, 6.07) is 23.4. The molecule has 0 saturated carbocycles. The summed E-state index contributed by atoms with van der Waals surface area (Å²) in [4.78, 5) is 27.4. The maximum atomic E-state index is 13.4. The minimum atomic E-state index is -0.526. The van der Waals surface area contributed by atoms with Crippen molar-refractivity contribution in [2.75, 3.05) is 4.90 Å². The van der Waals surface area contributed by atoms with Crippen molar-refractivity contribution in [1.82, 2.24) is 0 Å². The molecular formula is C33H40N2O2S. The zero-order valence-corrected chi connectivity index (χ0v) is 24.0. The average molecular weight is 529 g/mol. The van der Waals surface area contributed by atoms with Crippen LogP contribution in [0.25, 0.3) is 0 Å². The van der Waals surface area contributed by atoms with Crippen molar-refractivity contribution < 1.29 is 9.59 Å². The second kappa shape index (κ2) is 14.0. The lowest BCUT2D eigenvalue weighted by Gasteiger charge is -2.23. The molecule has 2 N–H and O–H groups in total. The number of carbonyl (C=O) groups is 2. The molecule has 3 aromatic rings. The summed E-state index contributed by atoms with van der Waals surface area (Å²) in [5.74, 6) is 0.379. The molecule has 0 radical (unpaired) electrons. The monoisotopic (exact) mass is 528 g/mol. The van der Waals surface area contributed by atoms with Crippen LogP contribution in [-0.4, -0.2) is 11.1 Å². The zero-order valence-electron chi connectivity index (χ0n) is 23.2. The number of para-hydroxylation sites is 2. The molecule has 4 rings (SSSR count). The first-order valence-corrected chi connectivity index (χ1v) is 14.3. The molecule has 0 fully saturated rings. The third-order valence-electron chi connectivity index (χ3n) is 6.59. The first kappa shape index (κ1) is 29.2. The van der Waals surface area contributed by atoms with Crippen LogP contribution < -0.4 is 10.6 Å². The van der Waals surface area contributed by atoms with Gasteiger partial charge in [0.05, 0.1) is 17.3 Å². The fourth-order valence-corrected chi connectivity index (χ4v) is 5.88. The SMILES string of the molecule is C/C=C\CC.CC(C)Cc1ccc(C(C)C(=O)SC2Cc3ccccc3N(C(N)=O)c3ccccc32)cc1. The fraction of sp³-hybridized carbons (Fsp3) is 0.333. The Hall–Kier alpha value is -3.31. The summed E-state index contributed by atoms with van der Waals surface area (Å²) >= 11 is 1.35. The van der Waals surface area contributed by atoms with Crippen LogP contribution in [0.4, 0.5) is 16.2 Å². The molecule has 0 saturated heterocycles. The fourth-order valence-electron chi connectivity index (χ4n) is 4.67. The van der Waals surface area contributed by atoms with Gasteiger partial charge in [-0.15, -0.1) is 0 Å². The highest BCUT2D eigenvalue weighted by Crippen LogP contribution is 2.46. The van der Waals surface area contributed by atoms with Gasteiger partial charge < -0.3 is 5.73 Å². The van der Waals surface area contributed by atoms with E-state index in [1.54, 1.807) is 4.90 Å². The second-order valence-electron chi connectivity index (χ2n) is 10.0. The number of amides is 2. The minimum Gasteiger partial charge on any atom is -0.351 e. The first-order valence-electron chi connectivity index (χ1n) is 13.4. The molecule has 1 aliphatic rings. The number of allylic oxidation sites excluding steroid dienone is 2. The van der Waals surface area contributed by atoms with Gasteiger partial charge in [-0.3, -0.25) is 9.69 Å². The van der Waals surface area contributed by atoms with E-state index in [1.807, 2.05) is 62.4 Å². The lowest BCUT2D eigenvalue weighted by molar-refractivity contribution is -0.112. The van der Waals surface area contributed by atoms with Gasteiger partial charge in [-0.05, 0) is 66.5 Å². The van der Waals surface area contributed by atoms with Crippen LogP contribution in [-0.2, 0) is 17.6 Å². The van der Waals surface area contributed by atoms with Crippen LogP contribution in [0.2, 0.25) is 0 Å². The third-order valence-corrected chi connectivity index (χ3v) is 7.88. The molecule has 200 valence electrons. The van der Waals surface area contributed by atoms with Gasteiger partial charge in [0.2, 0.25) is 0 Å². The molecule has 0 aromatic heterocycles. The van der Waals surface area contributed by atoms with Crippen molar-refractivity contribution in [1.29, 1.82) is 0 Å². The predicted octanol–water partition coefficient (Wildman–Crippen LogP) is 8.74. The number of nitrogens with two attached hydrogens (primary N) is 1. The number of carbonyl (C=O) groups excluding carboxylic acids is 2. The summed E-state index contributed by atoms with van der Waals surface area (Å²) in [6.07, 6.45) is 7.02. The van der Waals surface area contributed by atoms with Crippen LogP contribution >= 0.6 is 11.8 Å². The summed E-state index contributed by atoms with van der Waals surface area (Å²) in [5.41, 5.74) is 11.6. The lowest BCUT2D eigenvalue weighted by atomic mass is 9.97. The number of benzene rings is 3. The summed E-state index contributed by atoms with van der Waals surface area (Å²) in [5, 5.41) is 0.0123. The summed E-state index contributed by atoms with van der Waals surface area (Å²) in [7, 11) is 0. The molecule has 0 aliphatic carbocycles. The summed E-state index contributed by atoms with van der Waals surface area (Å²) in [6.45, 7) is 10.5. The number of primary amides is 1. The zero-order chi connectivity index (χ0) is 27.7. The average Bonchev–Trinajstić information content (AvgIpc) is 3.03. The Kier molecular flexibility index (Phi) is 10.8. The highest BCUT2D eigenvalue weighted by atomic mass is 32.2. The topological polar surface area (TPSA) is 63.4 Å². The van der Waals surface area contributed by atoms with Crippen molar-refractivity contribution in [2.24, 2.45) is 11.7 Å². The number of hydrogen-bond acceptors (Lipinski definition) is 3. The van der Waals surface area contributed by atoms with Crippen molar-refractivity contribution >= 4 is 34.3 Å². The molecule has 2 amide bonds. The van der Waals surface area contributed by atoms with Crippen LogP contribution in [0, 0.1) is 5.92 Å². The van der Waals surface area contributed by atoms with Gasteiger partial charge in [0.1, 0.15) is 0 Å². The Balaban J connectivity index is 0.000000732. The highest BCUT2D eigenvalue weighted by Gasteiger charge is 2.31. The molecular weight excluding hydrogens is 488 g/mol. The van der Waals surface area contributed by atoms with Crippen LogP contribution in [0.15, 0.2) is 84.9 Å². The van der Waals surface area contributed by atoms with Crippen molar-refractivity contribution in [3.8, 4) is 0 Å². The molecule has 38 heavy (non-hydrogen) atoms. The van der Waals surface area contributed by atoms with Gasteiger partial charge >= 0.3 is 6.03 Å². The quantitative estimate of drug-likeness (QED) is 0.325. The van der Waals surface area contributed by atoms with Crippen molar-refractivity contribution in [2.45, 2.75) is 65.0 Å². The van der Waals surface area contributed by atoms with E-state index in [4.69, 9.17) is 5.73 Å². The van der Waals surface area contributed by atoms with E-state index >= 15 is 0 Å². The number of nitrogens with zero attached hydrogens (tertiary/aromatic N) is 1. The number of rotatable bonds is 6. The summed E-state index contributed by atoms with van der Waals surface area (Å²) < 4.78 is 0. The Morgan fingerprint density at radius 2 is 1.61 bits per heavy atom. The van der Waals surface area contributed by atoms with E-state index in [9.17, 15) is 9.59 Å². The number of anilines is 2. The van der Waals surface area contributed by atoms with E-state index in [-0.39, 0.29) is 16.3 Å². The Labute approximate surface area is 232 Å². The lowest BCUT2D eigenvalue weighted by Crippen LogP contribution is -2.32. The molecule has 2 atom stereocenters. The number of hydrogen-bond donors (Lipinski definition) is 1. The molecule has 3 aromatic carbocycles. The van der Waals surface area contributed by atoms with Gasteiger partial charge in [-0.2, -0.15) is 0 Å². The number of fused-ring (bicyclic) bond motifs is 2. The Morgan fingerprint density at radius 1 is 0.974 bits per heavy atom. The van der Waals surface area contributed by atoms with Crippen LogP contribution in [0.5, 0.6) is 0 Å². The minimum absolute atomic E-state index is 0.109. The van der Waals surface area contributed by atoms with Gasteiger partial charge in [-0.1, -0.05) is 112 Å². The maximum Gasteiger partial charge on any atom is 0.323 e. The molecule has 0 bridgehead atoms. The Morgan fingerprint density at radius 3 is 2.18 bits per heavy atom. The largest absolute Gasteiger partial charge is 0.351 e. The molecule has 1 heterocycles. The molecule has 4 nitrogen and oxygen atoms in total. The Bertz CT molecular complexity index is 1250. The van der Waals surface area contributed by atoms with Gasteiger partial charge in [0.25, 0.3) is 0 Å². The van der Waals surface area contributed by atoms with Gasteiger partial charge in [-0.25, -0.2) is 4.79 Å². The molecule has 5 heteroatoms. The normalized spacial score (nSPS) is 15.2. The van der Waals surface area contributed by atoms with Gasteiger partial charge in [0.15, 0.2) is 5.12 Å². The van der Waals surface area contributed by atoms with E-state index in [0.717, 1.165) is 40.9 Å². The van der Waals surface area contributed by atoms with E-state index in [0.29, 0.717) is 12.3 Å². The predicted molar refractivity (Wildman–Crippen MR) is 162 cm³/mol. The first-order chi connectivity index (χ1) is 18.3. The number of thioether (sulfide) groups is 1. The van der Waals surface area contributed by atoms with E-state index in [1.165, 1.54) is 17.3 Å². The third kappa shape index (κ3) is 7.38. The highest BCUT2D eigenvalue weighted by molar-refractivity contribution is 8.13. The molecule has 1 aliphatic heterocycles. The molecule has 2 unspecified atom stereocenters. The molecule has 0 spiro atoms. The van der Waals surface area contributed by atoms with Crippen molar-refractivity contribution in [3.05, 3.63) is 107 Å². The second-order valence-corrected chi connectivity index (χ2v) is 11.2. The van der Waals surface area contributed by atoms with Gasteiger partial charge in [0, 0.05) is 5.25 Å². The standard InChI is InChI=1S/C28H30N2O2S.C5H10/c1-18(2)16-20-12-14-21(15-13-20)19(3)27(31)33-26-17-22-8-4-6-10-24(22)30(28(29)32)25-11-7-5-9-23(25)26;1-3-5-4-2/h4-15,18-19,26H,16-17H2,1-3H3,(H2,29,32);3,5H,4H2,1-2H3/b;5-3-. The number of urea groups is 1. The van der Waals surface area contributed by atoms with E-state index < -0.39 is 6.03 Å². The van der Waals surface area contributed by atoms with Crippen molar-refractivity contribution in [3.63, 3.8) is 0 Å². The van der Waals surface area contributed by atoms with Crippen LogP contribution in [0.3, 0.4) is 0 Å².